The Morgan fingerprint density at radius 1 is 0.769 bits per heavy atom. The third kappa shape index (κ3) is 4.00. The highest BCUT2D eigenvalue weighted by Gasteiger charge is 2.63. The summed E-state index contributed by atoms with van der Waals surface area (Å²) >= 11 is 0. The average Bonchev–Trinajstić information content (AvgIpc) is 3.42. The summed E-state index contributed by atoms with van der Waals surface area (Å²) in [6, 6.07) is 25.5. The molecule has 0 saturated carbocycles. The lowest BCUT2D eigenvalue weighted by Gasteiger charge is -2.47. The highest BCUT2D eigenvalue weighted by molar-refractivity contribution is 5.73. The van der Waals surface area contributed by atoms with Gasteiger partial charge in [0.05, 0.1) is 5.69 Å². The van der Waals surface area contributed by atoms with E-state index in [9.17, 15) is 0 Å². The molecule has 1 aromatic heterocycles. The molecule has 2 aliphatic carbocycles. The van der Waals surface area contributed by atoms with E-state index in [1.807, 2.05) is 12.1 Å². The Morgan fingerprint density at radius 3 is 2.08 bits per heavy atom. The number of nitrogens with zero attached hydrogens (tertiary/aromatic N) is 1. The van der Waals surface area contributed by atoms with Gasteiger partial charge in [-0.25, -0.2) is 0 Å². The highest BCUT2D eigenvalue weighted by atomic mass is 14.7. The Labute approximate surface area is 242 Å². The Hall–Kier alpha value is -3.19. The predicted octanol–water partition coefficient (Wildman–Crippen LogP) is 9.67. The molecule has 0 saturated heterocycles. The molecule has 1 nitrogen and oxygen atoms in total. The number of rotatable bonds is 3. The molecule has 1 heteroatoms. The number of pyridine rings is 1. The van der Waals surface area contributed by atoms with Gasteiger partial charge in [0.25, 0.3) is 0 Å². The van der Waals surface area contributed by atoms with E-state index in [0.717, 1.165) is 29.5 Å². The van der Waals surface area contributed by atoms with Crippen LogP contribution < -0.4 is 0 Å². The quantitative estimate of drug-likeness (QED) is 0.263. The molecule has 6 rings (SSSR count). The maximum Gasteiger partial charge on any atom is 0.0705 e. The van der Waals surface area contributed by atoms with Crippen molar-refractivity contribution in [2.45, 2.75) is 85.4 Å². The lowest BCUT2D eigenvalue weighted by atomic mass is 9.55. The summed E-state index contributed by atoms with van der Waals surface area (Å²) in [7, 11) is 0. The Kier molecular flexibility index (Phi) is 4.59. The van der Waals surface area contributed by atoms with Gasteiger partial charge in [0, 0.05) is 18.6 Å². The van der Waals surface area contributed by atoms with Crippen LogP contribution in [-0.2, 0) is 30.0 Å². The third-order valence-corrected chi connectivity index (χ3v) is 9.77. The van der Waals surface area contributed by atoms with Crippen molar-refractivity contribution in [1.29, 1.82) is 0 Å². The molecule has 1 spiro atoms. The molecule has 0 atom stereocenters. The minimum absolute atomic E-state index is 0.000544. The summed E-state index contributed by atoms with van der Waals surface area (Å²) in [5.74, 6) is 0. The van der Waals surface area contributed by atoms with Crippen molar-refractivity contribution >= 4 is 0 Å². The van der Waals surface area contributed by atoms with Crippen LogP contribution in [0.4, 0.5) is 0 Å². The fourth-order valence-electron chi connectivity index (χ4n) is 7.56. The van der Waals surface area contributed by atoms with Crippen molar-refractivity contribution in [2.75, 3.05) is 0 Å². The van der Waals surface area contributed by atoms with Gasteiger partial charge in [-0.15, -0.1) is 0 Å². The van der Waals surface area contributed by atoms with Gasteiger partial charge < -0.3 is 0 Å². The topological polar surface area (TPSA) is 12.9 Å². The van der Waals surface area contributed by atoms with Crippen LogP contribution in [0.5, 0.6) is 0 Å². The number of fused-ring (bicyclic) bond motifs is 2. The van der Waals surface area contributed by atoms with E-state index in [1.54, 1.807) is 26.8 Å². The molecule has 39 heavy (non-hydrogen) atoms. The predicted molar refractivity (Wildman–Crippen MR) is 165 cm³/mol. The number of aromatic nitrogens is 1. The number of hydrogen-bond acceptors (Lipinski definition) is 1. The van der Waals surface area contributed by atoms with E-state index < -0.39 is 18.6 Å². The zero-order valence-electron chi connectivity index (χ0n) is 29.4. The molecule has 0 aliphatic heterocycles. The van der Waals surface area contributed by atoms with Gasteiger partial charge in [-0.2, -0.15) is 0 Å². The summed E-state index contributed by atoms with van der Waals surface area (Å²) in [6.45, 7) is 12.5. The first kappa shape index (κ1) is 20.7. The van der Waals surface area contributed by atoms with Crippen LogP contribution in [0.1, 0.15) is 88.7 Å². The average molecular weight is 519 g/mol. The molecule has 0 fully saturated rings. The van der Waals surface area contributed by atoms with E-state index in [-0.39, 0.29) is 27.4 Å². The Morgan fingerprint density at radius 2 is 1.41 bits per heavy atom. The van der Waals surface area contributed by atoms with Crippen LogP contribution in [0.25, 0.3) is 22.4 Å². The van der Waals surface area contributed by atoms with Crippen LogP contribution in [0, 0.1) is 17.7 Å². The molecular weight excluding hydrogens is 470 g/mol. The van der Waals surface area contributed by atoms with E-state index in [2.05, 4.69) is 87.3 Å². The van der Waals surface area contributed by atoms with Gasteiger partial charge >= 0.3 is 0 Å². The highest BCUT2D eigenvalue weighted by Crippen LogP contribution is 2.66. The van der Waals surface area contributed by atoms with Gasteiger partial charge in [-0.05, 0) is 104 Å². The molecule has 3 aromatic carbocycles. The molecule has 1 heterocycles. The SMILES string of the molecule is [2H]C([2H])([2H])c1cc(-c2cccc(-c3ccc4c(c3)C(C)(C)C3(Cc5ccccc5C3)C4(C)C)c2)ncc1C([2H])([2H])C(C)(C)C. The minimum Gasteiger partial charge on any atom is -0.256 e. The summed E-state index contributed by atoms with van der Waals surface area (Å²) < 4.78 is 42.2. The van der Waals surface area contributed by atoms with Crippen molar-refractivity contribution in [3.05, 3.63) is 112 Å². The van der Waals surface area contributed by atoms with Crippen molar-refractivity contribution in [2.24, 2.45) is 10.8 Å². The monoisotopic (exact) mass is 518 g/mol. The summed E-state index contributed by atoms with van der Waals surface area (Å²) in [6.07, 6.45) is 1.70. The first-order valence-electron chi connectivity index (χ1n) is 16.6. The van der Waals surface area contributed by atoms with Crippen molar-refractivity contribution in [3.63, 3.8) is 0 Å². The zero-order chi connectivity index (χ0) is 32.1. The molecular formula is C38H43N. The number of benzene rings is 3. The fraction of sp³-hybridized carbons (Fsp3) is 0.395. The second kappa shape index (κ2) is 8.65. The number of aryl methyl sites for hydroxylation is 1. The summed E-state index contributed by atoms with van der Waals surface area (Å²) in [5.41, 5.74) is 8.63. The lowest BCUT2D eigenvalue weighted by Crippen LogP contribution is -2.48. The van der Waals surface area contributed by atoms with Crippen molar-refractivity contribution < 1.29 is 6.85 Å². The normalized spacial score (nSPS) is 20.8. The molecule has 0 N–H and O–H groups in total. The maximum absolute atomic E-state index is 8.76. The third-order valence-electron chi connectivity index (χ3n) is 9.77. The molecule has 0 amide bonds. The second-order valence-electron chi connectivity index (χ2n) is 13.8. The lowest BCUT2D eigenvalue weighted by molar-refractivity contribution is 0.0888. The first-order valence-corrected chi connectivity index (χ1v) is 14.1. The molecule has 0 bridgehead atoms. The Balaban J connectivity index is 1.41. The van der Waals surface area contributed by atoms with E-state index >= 15 is 0 Å². The molecule has 200 valence electrons. The minimum atomic E-state index is -2.47. The van der Waals surface area contributed by atoms with E-state index in [0.29, 0.717) is 5.69 Å². The van der Waals surface area contributed by atoms with Gasteiger partial charge in [0.2, 0.25) is 0 Å². The van der Waals surface area contributed by atoms with E-state index in [4.69, 9.17) is 6.85 Å². The number of hydrogen-bond donors (Lipinski definition) is 0. The standard InChI is InChI=1S/C38H43N/c1-25-18-34(39-24-31(25)21-35(2,3)4)28-15-11-14-26(19-28)27-16-17-32-33(20-27)37(7,8)38(36(32,5)6)22-29-12-9-10-13-30(29)23-38/h9-20,24H,21-23H2,1-8H3/i1D3,21D2. The maximum atomic E-state index is 8.76. The smallest absolute Gasteiger partial charge is 0.0705 e. The molecule has 2 aliphatic rings. The van der Waals surface area contributed by atoms with Gasteiger partial charge in [0.1, 0.15) is 0 Å². The molecule has 0 radical (unpaired) electrons. The van der Waals surface area contributed by atoms with Gasteiger partial charge in [0.15, 0.2) is 0 Å². The first-order chi connectivity index (χ1) is 20.3. The second-order valence-corrected chi connectivity index (χ2v) is 13.8. The summed E-state index contributed by atoms with van der Waals surface area (Å²) in [5, 5.41) is 0. The largest absolute Gasteiger partial charge is 0.256 e. The van der Waals surface area contributed by atoms with Crippen LogP contribution in [0.15, 0.2) is 79.0 Å². The van der Waals surface area contributed by atoms with Gasteiger partial charge in [-0.3, -0.25) is 4.98 Å². The fourth-order valence-corrected chi connectivity index (χ4v) is 7.56. The molecule has 0 unspecified atom stereocenters. The van der Waals surface area contributed by atoms with Crippen LogP contribution in [0.3, 0.4) is 0 Å². The van der Waals surface area contributed by atoms with Crippen molar-refractivity contribution in [3.8, 4) is 22.4 Å². The molecule has 4 aromatic rings. The van der Waals surface area contributed by atoms with E-state index in [1.165, 1.54) is 28.5 Å². The summed E-state index contributed by atoms with van der Waals surface area (Å²) in [4.78, 5) is 4.62. The van der Waals surface area contributed by atoms with Gasteiger partial charge in [-0.1, -0.05) is 109 Å². The van der Waals surface area contributed by atoms with Crippen LogP contribution in [0.2, 0.25) is 0 Å². The van der Waals surface area contributed by atoms with Crippen LogP contribution in [-0.4, -0.2) is 4.98 Å². The Bertz CT molecular complexity index is 1750. The van der Waals surface area contributed by atoms with Crippen molar-refractivity contribution in [1.82, 2.24) is 4.98 Å². The zero-order valence-corrected chi connectivity index (χ0v) is 24.4. The van der Waals surface area contributed by atoms with Crippen LogP contribution >= 0.6 is 0 Å².